The Bertz CT molecular complexity index is 941. The first kappa shape index (κ1) is 20.4. The number of methoxy groups -OCH3 is 1. The number of carbonyl (C=O) groups is 1. The fourth-order valence-corrected chi connectivity index (χ4v) is 3.72. The highest BCUT2D eigenvalue weighted by Crippen LogP contribution is 2.38. The van der Waals surface area contributed by atoms with Crippen molar-refractivity contribution in [1.82, 2.24) is 10.2 Å². The molecule has 1 amide bonds. The summed E-state index contributed by atoms with van der Waals surface area (Å²) in [5, 5.41) is 3.38. The fraction of sp³-hybridized carbons (Fsp3) is 0.238. The van der Waals surface area contributed by atoms with Crippen molar-refractivity contribution in [2.75, 3.05) is 13.7 Å². The van der Waals surface area contributed by atoms with Gasteiger partial charge in [0.15, 0.2) is 16.6 Å². The zero-order valence-corrected chi connectivity index (χ0v) is 18.3. The van der Waals surface area contributed by atoms with Crippen molar-refractivity contribution in [2.24, 2.45) is 0 Å². The minimum Gasteiger partial charge on any atom is -0.493 e. The van der Waals surface area contributed by atoms with Gasteiger partial charge in [0.25, 0.3) is 5.91 Å². The van der Waals surface area contributed by atoms with E-state index in [1.165, 1.54) is 10.5 Å². The molecule has 1 fully saturated rings. The molecule has 0 unspecified atom stereocenters. The molecule has 1 saturated heterocycles. The molecule has 146 valence electrons. The Balaban J connectivity index is 1.83. The lowest BCUT2D eigenvalue weighted by molar-refractivity contribution is -0.122. The molecule has 0 aliphatic carbocycles. The first-order valence-electron chi connectivity index (χ1n) is 8.83. The van der Waals surface area contributed by atoms with Crippen molar-refractivity contribution in [3.8, 4) is 11.5 Å². The standard InChI is InChI=1S/C21H21BrN2O3S/c1-4-24-20(25)17(23-21(24)28)10-15-9-16(22)19(18(11-15)26-3)27-12-14-7-5-13(2)6-8-14/h5-11H,4,12H2,1-3H3,(H,23,28)/b17-10-. The molecule has 28 heavy (non-hydrogen) atoms. The molecule has 1 aliphatic rings. The molecule has 5 nitrogen and oxygen atoms in total. The minimum absolute atomic E-state index is 0.137. The topological polar surface area (TPSA) is 50.8 Å². The van der Waals surface area contributed by atoms with Crippen LogP contribution in [0, 0.1) is 6.92 Å². The lowest BCUT2D eigenvalue weighted by atomic mass is 10.1. The van der Waals surface area contributed by atoms with Crippen molar-refractivity contribution >= 4 is 45.2 Å². The minimum atomic E-state index is -0.137. The molecule has 7 heteroatoms. The first-order valence-corrected chi connectivity index (χ1v) is 10.0. The van der Waals surface area contributed by atoms with E-state index in [1.807, 2.05) is 38.1 Å². The molecule has 1 N–H and O–H groups in total. The summed E-state index contributed by atoms with van der Waals surface area (Å²) in [7, 11) is 1.59. The number of halogens is 1. The summed E-state index contributed by atoms with van der Waals surface area (Å²) in [6, 6.07) is 11.9. The average Bonchev–Trinajstić information content (AvgIpc) is 2.94. The third-order valence-electron chi connectivity index (χ3n) is 4.35. The highest BCUT2D eigenvalue weighted by atomic mass is 79.9. The number of likely N-dealkylation sites (N-methyl/N-ethyl adjacent to an activating group) is 1. The number of nitrogens with zero attached hydrogens (tertiary/aromatic N) is 1. The second-order valence-corrected chi connectivity index (χ2v) is 7.59. The highest BCUT2D eigenvalue weighted by Gasteiger charge is 2.29. The third kappa shape index (κ3) is 4.36. The van der Waals surface area contributed by atoms with Crippen LogP contribution in [0.3, 0.4) is 0 Å². The summed E-state index contributed by atoms with van der Waals surface area (Å²) < 4.78 is 12.2. The Kier molecular flexibility index (Phi) is 6.36. The van der Waals surface area contributed by atoms with Crippen molar-refractivity contribution in [1.29, 1.82) is 0 Å². The van der Waals surface area contributed by atoms with E-state index in [2.05, 4.69) is 33.4 Å². The van der Waals surface area contributed by atoms with Crippen LogP contribution in [0.2, 0.25) is 0 Å². The largest absolute Gasteiger partial charge is 0.493 e. The Hall–Kier alpha value is -2.38. The molecule has 0 saturated carbocycles. The zero-order valence-electron chi connectivity index (χ0n) is 15.9. The average molecular weight is 461 g/mol. The van der Waals surface area contributed by atoms with Crippen LogP contribution in [0.1, 0.15) is 23.6 Å². The van der Waals surface area contributed by atoms with E-state index >= 15 is 0 Å². The van der Waals surface area contributed by atoms with Crippen LogP contribution in [0.5, 0.6) is 11.5 Å². The lowest BCUT2D eigenvalue weighted by Gasteiger charge is -2.14. The fourth-order valence-electron chi connectivity index (χ4n) is 2.83. The van der Waals surface area contributed by atoms with Crippen molar-refractivity contribution in [3.05, 3.63) is 63.3 Å². The van der Waals surface area contributed by atoms with E-state index in [4.69, 9.17) is 21.7 Å². The molecule has 0 aromatic heterocycles. The van der Waals surface area contributed by atoms with Gasteiger partial charge in [0.1, 0.15) is 12.3 Å². The van der Waals surface area contributed by atoms with E-state index < -0.39 is 0 Å². The van der Waals surface area contributed by atoms with Crippen LogP contribution in [0.4, 0.5) is 0 Å². The lowest BCUT2D eigenvalue weighted by Crippen LogP contribution is -2.30. The van der Waals surface area contributed by atoms with Gasteiger partial charge in [-0.25, -0.2) is 0 Å². The monoisotopic (exact) mass is 460 g/mol. The molecule has 0 atom stereocenters. The Morgan fingerprint density at radius 2 is 1.96 bits per heavy atom. The molecular weight excluding hydrogens is 440 g/mol. The molecule has 2 aromatic carbocycles. The number of hydrogen-bond acceptors (Lipinski definition) is 4. The number of rotatable bonds is 6. The molecule has 0 spiro atoms. The summed E-state index contributed by atoms with van der Waals surface area (Å²) in [4.78, 5) is 13.9. The summed E-state index contributed by atoms with van der Waals surface area (Å²) in [6.45, 7) is 4.89. The predicted octanol–water partition coefficient (Wildman–Crippen LogP) is 4.42. The second-order valence-electron chi connectivity index (χ2n) is 6.35. The molecule has 3 rings (SSSR count). The van der Waals surface area contributed by atoms with E-state index in [0.717, 1.165) is 15.6 Å². The maximum Gasteiger partial charge on any atom is 0.276 e. The quantitative estimate of drug-likeness (QED) is 0.510. The molecular formula is C21H21BrN2O3S. The summed E-state index contributed by atoms with van der Waals surface area (Å²) in [5.41, 5.74) is 3.51. The molecule has 1 aliphatic heterocycles. The zero-order chi connectivity index (χ0) is 20.3. The van der Waals surface area contributed by atoms with Crippen molar-refractivity contribution < 1.29 is 14.3 Å². The van der Waals surface area contributed by atoms with Crippen LogP contribution in [-0.2, 0) is 11.4 Å². The van der Waals surface area contributed by atoms with Gasteiger partial charge in [-0.15, -0.1) is 0 Å². The predicted molar refractivity (Wildman–Crippen MR) is 117 cm³/mol. The Morgan fingerprint density at radius 3 is 2.57 bits per heavy atom. The van der Waals surface area contributed by atoms with E-state index in [1.54, 1.807) is 13.2 Å². The van der Waals surface area contributed by atoms with Crippen molar-refractivity contribution in [2.45, 2.75) is 20.5 Å². The first-order chi connectivity index (χ1) is 13.4. The summed E-state index contributed by atoms with van der Waals surface area (Å²) >= 11 is 8.74. The van der Waals surface area contributed by atoms with Gasteiger partial charge >= 0.3 is 0 Å². The number of aryl methyl sites for hydroxylation is 1. The molecule has 2 aromatic rings. The van der Waals surface area contributed by atoms with Crippen LogP contribution in [-0.4, -0.2) is 29.6 Å². The molecule has 1 heterocycles. The van der Waals surface area contributed by atoms with Gasteiger partial charge in [0.2, 0.25) is 0 Å². The Morgan fingerprint density at radius 1 is 1.25 bits per heavy atom. The van der Waals surface area contributed by atoms with Gasteiger partial charge in [-0.1, -0.05) is 29.8 Å². The normalized spacial score (nSPS) is 15.1. The second kappa shape index (κ2) is 8.75. The number of benzene rings is 2. The smallest absolute Gasteiger partial charge is 0.276 e. The van der Waals surface area contributed by atoms with E-state index in [-0.39, 0.29) is 5.91 Å². The van der Waals surface area contributed by atoms with E-state index in [9.17, 15) is 4.79 Å². The van der Waals surface area contributed by atoms with Crippen LogP contribution in [0.15, 0.2) is 46.6 Å². The van der Waals surface area contributed by atoms with Crippen molar-refractivity contribution in [3.63, 3.8) is 0 Å². The summed E-state index contributed by atoms with van der Waals surface area (Å²) in [6.07, 6.45) is 1.75. The number of ether oxygens (including phenoxy) is 2. The number of amides is 1. The van der Waals surface area contributed by atoms with Crippen LogP contribution in [0.25, 0.3) is 6.08 Å². The number of nitrogens with one attached hydrogen (secondary N) is 1. The number of carbonyl (C=O) groups excluding carboxylic acids is 1. The SMILES string of the molecule is CCN1C(=O)/C(=C/c2cc(Br)c(OCc3ccc(C)cc3)c(OC)c2)NC1=S. The maximum atomic E-state index is 12.4. The van der Waals surface area contributed by atoms with Gasteiger partial charge in [-0.2, -0.15) is 0 Å². The number of hydrogen-bond donors (Lipinski definition) is 1. The van der Waals surface area contributed by atoms with Crippen LogP contribution < -0.4 is 14.8 Å². The molecule has 0 bridgehead atoms. The van der Waals surface area contributed by atoms with Gasteiger partial charge in [-0.05, 0) is 71.3 Å². The summed E-state index contributed by atoms with van der Waals surface area (Å²) in [5.74, 6) is 1.05. The van der Waals surface area contributed by atoms with Gasteiger partial charge in [-0.3, -0.25) is 9.69 Å². The molecule has 0 radical (unpaired) electrons. The van der Waals surface area contributed by atoms with E-state index in [0.29, 0.717) is 35.5 Å². The van der Waals surface area contributed by atoms with Gasteiger partial charge in [0.05, 0.1) is 11.6 Å². The third-order valence-corrected chi connectivity index (χ3v) is 5.26. The van der Waals surface area contributed by atoms with Crippen LogP contribution >= 0.6 is 28.1 Å². The maximum absolute atomic E-state index is 12.4. The van der Waals surface area contributed by atoms with Gasteiger partial charge < -0.3 is 14.8 Å². The van der Waals surface area contributed by atoms with Gasteiger partial charge in [0, 0.05) is 6.54 Å². The number of thiocarbonyl (C=S) groups is 1. The highest BCUT2D eigenvalue weighted by molar-refractivity contribution is 9.10. The Labute approximate surface area is 178 Å².